The molecule has 16 aromatic carbocycles. The molecule has 10 aliphatic carbocycles. The van der Waals surface area contributed by atoms with Gasteiger partial charge >= 0.3 is 0 Å². The van der Waals surface area contributed by atoms with Crippen LogP contribution in [0.2, 0.25) is 0 Å². The van der Waals surface area contributed by atoms with Crippen molar-refractivity contribution in [3.8, 4) is 0 Å². The lowest BCUT2D eigenvalue weighted by molar-refractivity contribution is 0.286. The third-order valence-corrected chi connectivity index (χ3v) is 22.7. The molecule has 4 bridgehead atoms. The molecule has 0 saturated heterocycles. The zero-order valence-corrected chi connectivity index (χ0v) is 38.2. The Hall–Kier alpha value is -7.80. The van der Waals surface area contributed by atoms with Gasteiger partial charge in [0, 0.05) is 46.3 Å². The number of hydrogen-bond donors (Lipinski definition) is 0. The Morgan fingerprint density at radius 3 is 1.24 bits per heavy atom. The fourth-order valence-electron chi connectivity index (χ4n) is 21.5. The summed E-state index contributed by atoms with van der Waals surface area (Å²) in [4.78, 5) is 0. The Bertz CT molecular complexity index is 5540. The molecule has 70 heavy (non-hydrogen) atoms. The average molecular weight is 875 g/mol. The summed E-state index contributed by atoms with van der Waals surface area (Å²) >= 11 is 0. The van der Waals surface area contributed by atoms with Gasteiger partial charge in [0.15, 0.2) is 0 Å². The van der Waals surface area contributed by atoms with Gasteiger partial charge in [0.2, 0.25) is 0 Å². The molecule has 0 heterocycles. The molecule has 0 N–H and O–H groups in total. The fourth-order valence-corrected chi connectivity index (χ4v) is 21.5. The summed E-state index contributed by atoms with van der Waals surface area (Å²) in [5.74, 6) is 1.61. The summed E-state index contributed by atoms with van der Waals surface area (Å²) in [6.45, 7) is 4.64. The second-order valence-electron chi connectivity index (χ2n) is 24.3. The summed E-state index contributed by atoms with van der Waals surface area (Å²) in [6, 6.07) is 50.5. The van der Waals surface area contributed by atoms with E-state index in [4.69, 9.17) is 0 Å². The van der Waals surface area contributed by atoms with Crippen LogP contribution in [-0.2, 0) is 10.8 Å². The van der Waals surface area contributed by atoms with Crippen LogP contribution in [0.5, 0.6) is 0 Å². The molecule has 8 atom stereocenters. The van der Waals surface area contributed by atoms with Crippen LogP contribution in [-0.4, -0.2) is 0 Å². The molecule has 8 unspecified atom stereocenters. The van der Waals surface area contributed by atoms with E-state index in [-0.39, 0.29) is 34.5 Å². The minimum atomic E-state index is -0.216. The SMILES string of the molecule is Cc1ccc2c(c1)C1c3ccccc3C2C23c4ccc5c6ccc7c8c9c%10c%11c(c%12ccc%13c(c%14c2c2c4c5c(c68)c4c2c2c%14c%13c%12c%11c2c94)=CC13)=CC1C2c3ccccc3C(c3cc(C)ccc32)C7%101. The number of fused-ring (bicyclic) bond motifs is 3. The summed E-state index contributed by atoms with van der Waals surface area (Å²) < 4.78 is 0. The smallest absolute Gasteiger partial charge is 0.0403 e. The van der Waals surface area contributed by atoms with E-state index in [1.54, 1.807) is 164 Å². The highest BCUT2D eigenvalue weighted by Gasteiger charge is 2.67. The second-order valence-corrected chi connectivity index (χ2v) is 24.3. The second kappa shape index (κ2) is 8.86. The highest BCUT2D eigenvalue weighted by Crippen LogP contribution is 2.79. The Kier molecular flexibility index (Phi) is 4.06. The maximum absolute atomic E-state index is 2.90. The van der Waals surface area contributed by atoms with Crippen LogP contribution >= 0.6 is 0 Å². The van der Waals surface area contributed by atoms with E-state index in [1.807, 2.05) is 0 Å². The monoisotopic (exact) mass is 874 g/mol. The van der Waals surface area contributed by atoms with Gasteiger partial charge in [-0.1, -0.05) is 145 Å². The van der Waals surface area contributed by atoms with Crippen LogP contribution in [0.1, 0.15) is 102 Å². The molecule has 314 valence electrons. The van der Waals surface area contributed by atoms with Crippen molar-refractivity contribution in [2.45, 2.75) is 48.3 Å². The van der Waals surface area contributed by atoms with Crippen molar-refractivity contribution >= 4 is 131 Å². The van der Waals surface area contributed by atoms with E-state index in [9.17, 15) is 0 Å². The van der Waals surface area contributed by atoms with Crippen molar-refractivity contribution < 1.29 is 0 Å². The van der Waals surface area contributed by atoms with Gasteiger partial charge in [-0.2, -0.15) is 0 Å². The normalized spacial score (nSPS) is 27.3. The van der Waals surface area contributed by atoms with E-state index >= 15 is 0 Å². The Morgan fingerprint density at radius 1 is 0.300 bits per heavy atom. The first kappa shape index (κ1) is 32.1. The average Bonchev–Trinajstić information content (AvgIpc) is 4.24. The summed E-state index contributed by atoms with van der Waals surface area (Å²) in [5.41, 5.74) is 21.5. The lowest BCUT2D eigenvalue weighted by Gasteiger charge is -2.58. The molecule has 10 aliphatic rings. The molecule has 0 saturated carbocycles. The summed E-state index contributed by atoms with van der Waals surface area (Å²) in [6.07, 6.45) is 5.79. The van der Waals surface area contributed by atoms with Crippen molar-refractivity contribution in [2.75, 3.05) is 0 Å². The minimum Gasteiger partial charge on any atom is -0.0707 e. The van der Waals surface area contributed by atoms with E-state index in [2.05, 4.69) is 147 Å². The van der Waals surface area contributed by atoms with Crippen molar-refractivity contribution in [2.24, 2.45) is 11.8 Å². The van der Waals surface area contributed by atoms with E-state index in [0.717, 1.165) is 0 Å². The van der Waals surface area contributed by atoms with Gasteiger partial charge < -0.3 is 0 Å². The van der Waals surface area contributed by atoms with Gasteiger partial charge in [0.25, 0.3) is 0 Å². The summed E-state index contributed by atoms with van der Waals surface area (Å²) in [5, 5.41) is 37.9. The quantitative estimate of drug-likeness (QED) is 0.133. The third kappa shape index (κ3) is 2.42. The molecular formula is C70H34. The number of hydrogen-bond acceptors (Lipinski definition) is 0. The van der Waals surface area contributed by atoms with Gasteiger partial charge in [-0.15, -0.1) is 0 Å². The predicted molar refractivity (Wildman–Crippen MR) is 288 cm³/mol. The van der Waals surface area contributed by atoms with Gasteiger partial charge in [-0.05, 0) is 210 Å². The lowest BCUT2D eigenvalue weighted by Crippen LogP contribution is -2.53. The molecule has 0 aliphatic heterocycles. The molecule has 0 heteroatoms. The molecule has 0 radical (unpaired) electrons. The maximum atomic E-state index is 2.90. The standard InChI is InChI=1S/C70H34/c1-25-12-14-36-37(21-25)46-28-8-4-5-9-34(28)65(36)69-41-19-17-29-30-18-20-42-54-50(30)55-49(29)53(41)63-61-58(55)62-60-57-47-31(15-16-32-39(24-44(46)69)51(67(63)69)56(48(32)47)59(60)61)38-23-43-45-27-7-3-6-10-35(27)66(40-22-26(2)11-13-33(40)45)70(42,43)68(52(38)57)64(54)62/h3-24,43-46,65-66H,1-2H3. The van der Waals surface area contributed by atoms with Crippen LogP contribution in [0, 0.1) is 25.7 Å². The van der Waals surface area contributed by atoms with Gasteiger partial charge in [-0.3, -0.25) is 0 Å². The summed E-state index contributed by atoms with van der Waals surface area (Å²) in [7, 11) is 0. The van der Waals surface area contributed by atoms with Gasteiger partial charge in [0.1, 0.15) is 0 Å². The first-order valence-corrected chi connectivity index (χ1v) is 26.2. The Labute approximate surface area is 398 Å². The Morgan fingerprint density at radius 2 is 0.686 bits per heavy atom. The van der Waals surface area contributed by atoms with E-state index in [1.165, 1.54) is 43.1 Å². The first-order chi connectivity index (χ1) is 34.6. The van der Waals surface area contributed by atoms with Crippen LogP contribution < -0.4 is 10.4 Å². The maximum Gasteiger partial charge on any atom is 0.0403 e. The molecule has 0 fully saturated rings. The molecule has 26 rings (SSSR count). The number of rotatable bonds is 0. The van der Waals surface area contributed by atoms with Crippen LogP contribution in [0.25, 0.3) is 131 Å². The lowest BCUT2D eigenvalue weighted by atomic mass is 9.43. The first-order valence-electron chi connectivity index (χ1n) is 26.2. The van der Waals surface area contributed by atoms with E-state index < -0.39 is 0 Å². The van der Waals surface area contributed by atoms with Crippen molar-refractivity contribution in [1.82, 2.24) is 0 Å². The zero-order valence-electron chi connectivity index (χ0n) is 38.2. The highest BCUT2D eigenvalue weighted by atomic mass is 14.7. The highest BCUT2D eigenvalue weighted by molar-refractivity contribution is 6.63. The molecule has 0 amide bonds. The number of benzene rings is 12. The molecule has 16 aromatic rings. The molecule has 2 spiro atoms. The Balaban J connectivity index is 1.03. The van der Waals surface area contributed by atoms with Crippen LogP contribution in [0.15, 0.2) is 121 Å². The largest absolute Gasteiger partial charge is 0.0707 e. The molecule has 0 aromatic heterocycles. The fraction of sp³-hybridized carbons (Fsp3) is 0.143. The third-order valence-electron chi connectivity index (χ3n) is 22.7. The van der Waals surface area contributed by atoms with Gasteiger partial charge in [-0.25, -0.2) is 0 Å². The minimum absolute atomic E-state index is 0.215. The van der Waals surface area contributed by atoms with Crippen molar-refractivity contribution in [1.29, 1.82) is 0 Å². The number of aryl methyl sites for hydroxylation is 2. The zero-order chi connectivity index (χ0) is 44.0. The van der Waals surface area contributed by atoms with Crippen molar-refractivity contribution in [3.05, 3.63) is 210 Å². The topological polar surface area (TPSA) is 0 Å². The molecule has 0 nitrogen and oxygen atoms in total. The van der Waals surface area contributed by atoms with E-state index in [0.29, 0.717) is 11.8 Å². The van der Waals surface area contributed by atoms with Crippen LogP contribution in [0.4, 0.5) is 0 Å². The molecular weight excluding hydrogens is 841 g/mol. The van der Waals surface area contributed by atoms with Crippen molar-refractivity contribution in [3.63, 3.8) is 0 Å². The van der Waals surface area contributed by atoms with Gasteiger partial charge in [0.05, 0.1) is 0 Å². The van der Waals surface area contributed by atoms with Crippen LogP contribution in [0.3, 0.4) is 0 Å². The predicted octanol–water partition coefficient (Wildman–Crippen LogP) is 15.1.